The Balaban J connectivity index is 0.000000385. The van der Waals surface area contributed by atoms with Gasteiger partial charge in [0.2, 0.25) is 0 Å². The molecule has 0 aromatic carbocycles. The van der Waals surface area contributed by atoms with Crippen molar-refractivity contribution in [2.24, 2.45) is 0 Å². The van der Waals surface area contributed by atoms with Gasteiger partial charge in [0.05, 0.1) is 6.26 Å². The van der Waals surface area contributed by atoms with Crippen molar-refractivity contribution in [3.05, 3.63) is 11.8 Å². The van der Waals surface area contributed by atoms with E-state index in [0.29, 0.717) is 6.26 Å². The summed E-state index contributed by atoms with van der Waals surface area (Å²) >= 11 is 0. The molecule has 96 valence electrons. The zero-order valence-electron chi connectivity index (χ0n) is 10.4. The van der Waals surface area contributed by atoms with Gasteiger partial charge in [-0.25, -0.2) is 0 Å². The van der Waals surface area contributed by atoms with E-state index in [1.807, 2.05) is 0 Å². The van der Waals surface area contributed by atoms with Gasteiger partial charge in [-0.3, -0.25) is 4.55 Å². The Bertz CT molecular complexity index is 301. The van der Waals surface area contributed by atoms with Crippen molar-refractivity contribution < 1.29 is 13.0 Å². The molecule has 0 bridgehead atoms. The number of piperidine rings is 1. The third kappa shape index (κ3) is 9.98. The molecule has 1 rings (SSSR count). The van der Waals surface area contributed by atoms with Crippen LogP contribution in [0.4, 0.5) is 0 Å². The second-order valence-electron chi connectivity index (χ2n) is 4.10. The van der Waals surface area contributed by atoms with Crippen molar-refractivity contribution in [2.45, 2.75) is 39.0 Å². The number of allylic oxidation sites excluding steroid dienone is 2. The lowest BCUT2D eigenvalue weighted by Crippen LogP contribution is -2.23. The summed E-state index contributed by atoms with van der Waals surface area (Å²) < 4.78 is 25.9. The Morgan fingerprint density at radius 3 is 2.44 bits per heavy atom. The van der Waals surface area contributed by atoms with E-state index in [4.69, 9.17) is 4.55 Å². The van der Waals surface area contributed by atoms with E-state index in [1.165, 1.54) is 38.6 Å². The Labute approximate surface area is 99.1 Å². The fourth-order valence-corrected chi connectivity index (χ4v) is 1.56. The highest BCUT2D eigenvalue weighted by molar-refractivity contribution is 7.85. The molecule has 0 atom stereocenters. The molecule has 0 saturated carbocycles. The van der Waals surface area contributed by atoms with Crippen LogP contribution >= 0.6 is 0 Å². The van der Waals surface area contributed by atoms with Crippen LogP contribution in [0.15, 0.2) is 11.8 Å². The van der Waals surface area contributed by atoms with Crippen LogP contribution in [-0.2, 0) is 10.1 Å². The molecule has 0 aliphatic carbocycles. The second-order valence-corrected chi connectivity index (χ2v) is 5.56. The summed E-state index contributed by atoms with van der Waals surface area (Å²) in [5.41, 5.74) is 1.57. The smallest absolute Gasteiger partial charge is 0.261 e. The summed E-state index contributed by atoms with van der Waals surface area (Å²) in [5.74, 6) is 0. The van der Waals surface area contributed by atoms with Gasteiger partial charge < -0.3 is 4.90 Å². The Morgan fingerprint density at radius 1 is 1.44 bits per heavy atom. The fourth-order valence-electron chi connectivity index (χ4n) is 1.56. The third-order valence-electron chi connectivity index (χ3n) is 2.34. The standard InChI is InChI=1S/C10H19N.CH4O3S/c1-3-4-7-10-8-5-6-9-11(10)2;1-5(2,3)4/h7H,3-6,8-9H2,1-2H3;1H3,(H,2,3,4). The predicted octanol–water partition coefficient (Wildman–Crippen LogP) is 2.29. The summed E-state index contributed by atoms with van der Waals surface area (Å²) in [5, 5.41) is 0. The van der Waals surface area contributed by atoms with Gasteiger partial charge in [-0.05, 0) is 25.7 Å². The first-order valence-electron chi connectivity index (χ1n) is 5.67. The number of unbranched alkanes of at least 4 members (excludes halogenated alkanes) is 1. The molecule has 1 N–H and O–H groups in total. The molecular formula is C11H23NO3S. The second kappa shape index (κ2) is 7.68. The van der Waals surface area contributed by atoms with Gasteiger partial charge in [0.25, 0.3) is 10.1 Å². The van der Waals surface area contributed by atoms with E-state index in [-0.39, 0.29) is 0 Å². The van der Waals surface area contributed by atoms with E-state index in [2.05, 4.69) is 24.9 Å². The molecule has 16 heavy (non-hydrogen) atoms. The Hall–Kier alpha value is -0.550. The van der Waals surface area contributed by atoms with Gasteiger partial charge >= 0.3 is 0 Å². The van der Waals surface area contributed by atoms with E-state index in [1.54, 1.807) is 5.70 Å². The molecule has 5 heteroatoms. The van der Waals surface area contributed by atoms with Gasteiger partial charge in [-0.1, -0.05) is 19.4 Å². The van der Waals surface area contributed by atoms with Crippen LogP contribution in [0.2, 0.25) is 0 Å². The zero-order chi connectivity index (χ0) is 12.6. The van der Waals surface area contributed by atoms with Crippen molar-refractivity contribution in [2.75, 3.05) is 19.8 Å². The van der Waals surface area contributed by atoms with E-state index < -0.39 is 10.1 Å². The molecule has 0 radical (unpaired) electrons. The van der Waals surface area contributed by atoms with E-state index >= 15 is 0 Å². The van der Waals surface area contributed by atoms with Gasteiger partial charge in [-0.15, -0.1) is 0 Å². The minimum absolute atomic E-state index is 0.715. The maximum atomic E-state index is 9.19. The monoisotopic (exact) mass is 249 g/mol. The van der Waals surface area contributed by atoms with Gasteiger partial charge in [0.15, 0.2) is 0 Å². The quantitative estimate of drug-likeness (QED) is 0.763. The summed E-state index contributed by atoms with van der Waals surface area (Å²) in [4.78, 5) is 2.40. The van der Waals surface area contributed by atoms with Gasteiger partial charge in [0.1, 0.15) is 0 Å². The van der Waals surface area contributed by atoms with Crippen molar-refractivity contribution in [1.29, 1.82) is 0 Å². The number of nitrogens with zero attached hydrogens (tertiary/aromatic N) is 1. The maximum Gasteiger partial charge on any atom is 0.261 e. The minimum atomic E-state index is -3.67. The summed E-state index contributed by atoms with van der Waals surface area (Å²) in [7, 11) is -1.46. The molecular weight excluding hydrogens is 226 g/mol. The highest BCUT2D eigenvalue weighted by Crippen LogP contribution is 2.18. The number of rotatable bonds is 2. The maximum absolute atomic E-state index is 9.19. The summed E-state index contributed by atoms with van der Waals surface area (Å²) in [6, 6.07) is 0. The molecule has 4 nitrogen and oxygen atoms in total. The molecule has 1 aliphatic heterocycles. The van der Waals surface area contributed by atoms with Crippen LogP contribution < -0.4 is 0 Å². The average Bonchev–Trinajstić information content (AvgIpc) is 2.14. The van der Waals surface area contributed by atoms with Crippen LogP contribution in [0.3, 0.4) is 0 Å². The summed E-state index contributed by atoms with van der Waals surface area (Å²) in [6.45, 7) is 3.50. The SMILES string of the molecule is CCCC=C1CCCCN1C.CS(=O)(=O)O. The highest BCUT2D eigenvalue weighted by atomic mass is 32.2. The van der Waals surface area contributed by atoms with Crippen LogP contribution in [-0.4, -0.2) is 37.7 Å². The van der Waals surface area contributed by atoms with Gasteiger partial charge in [-0.2, -0.15) is 8.42 Å². The van der Waals surface area contributed by atoms with Crippen LogP contribution in [0.1, 0.15) is 39.0 Å². The van der Waals surface area contributed by atoms with Crippen molar-refractivity contribution in [1.82, 2.24) is 4.90 Å². The van der Waals surface area contributed by atoms with Crippen LogP contribution in [0.5, 0.6) is 0 Å². The number of hydrogen-bond acceptors (Lipinski definition) is 3. The summed E-state index contributed by atoms with van der Waals surface area (Å²) in [6.07, 6.45) is 9.71. The average molecular weight is 249 g/mol. The molecule has 0 amide bonds. The molecule has 1 saturated heterocycles. The van der Waals surface area contributed by atoms with E-state index in [9.17, 15) is 8.42 Å². The first kappa shape index (κ1) is 15.4. The first-order chi connectivity index (χ1) is 7.34. The largest absolute Gasteiger partial charge is 0.378 e. The minimum Gasteiger partial charge on any atom is -0.378 e. The number of hydrogen-bond donors (Lipinski definition) is 1. The Morgan fingerprint density at radius 2 is 2.00 bits per heavy atom. The molecule has 1 aliphatic rings. The molecule has 0 spiro atoms. The van der Waals surface area contributed by atoms with Crippen LogP contribution in [0, 0.1) is 0 Å². The lowest BCUT2D eigenvalue weighted by atomic mass is 10.1. The zero-order valence-corrected chi connectivity index (χ0v) is 11.3. The van der Waals surface area contributed by atoms with Crippen molar-refractivity contribution >= 4 is 10.1 Å². The Kier molecular flexibility index (Phi) is 7.42. The van der Waals surface area contributed by atoms with Crippen molar-refractivity contribution in [3.63, 3.8) is 0 Å². The molecule has 0 aromatic rings. The first-order valence-corrected chi connectivity index (χ1v) is 7.52. The highest BCUT2D eigenvalue weighted by Gasteiger charge is 2.08. The molecule has 1 fully saturated rings. The van der Waals surface area contributed by atoms with E-state index in [0.717, 1.165) is 0 Å². The number of likely N-dealkylation sites (tertiary alicyclic amines) is 1. The van der Waals surface area contributed by atoms with Crippen LogP contribution in [0.25, 0.3) is 0 Å². The topological polar surface area (TPSA) is 57.6 Å². The normalized spacial score (nSPS) is 19.2. The van der Waals surface area contributed by atoms with Gasteiger partial charge in [0, 0.05) is 19.3 Å². The lowest BCUT2D eigenvalue weighted by Gasteiger charge is -2.27. The molecule has 0 aromatic heterocycles. The predicted molar refractivity (Wildman–Crippen MR) is 66.9 cm³/mol. The van der Waals surface area contributed by atoms with Crippen molar-refractivity contribution in [3.8, 4) is 0 Å². The third-order valence-corrected chi connectivity index (χ3v) is 2.34. The molecule has 1 heterocycles. The molecule has 0 unspecified atom stereocenters. The fraction of sp³-hybridized carbons (Fsp3) is 0.818. The lowest BCUT2D eigenvalue weighted by molar-refractivity contribution is 0.343.